The first kappa shape index (κ1) is 13.4. The number of para-hydroxylation sites is 1. The zero-order chi connectivity index (χ0) is 14.7. The fourth-order valence-electron chi connectivity index (χ4n) is 2.43. The summed E-state index contributed by atoms with van der Waals surface area (Å²) < 4.78 is 0. The minimum atomic E-state index is 0.108. The standard InChI is InChI=1S/C17H17N3O/c1-20(12-13-6-8-18-9-7-13)17(21)10-14-11-19-16-5-3-2-4-15(14)16/h2-9,11,19H,10,12H2,1H3. The second-order valence-corrected chi connectivity index (χ2v) is 5.14. The molecule has 3 aromatic rings. The number of aromatic nitrogens is 2. The van der Waals surface area contributed by atoms with Gasteiger partial charge in [0.1, 0.15) is 0 Å². The lowest BCUT2D eigenvalue weighted by molar-refractivity contribution is -0.129. The van der Waals surface area contributed by atoms with Gasteiger partial charge in [-0.05, 0) is 29.3 Å². The van der Waals surface area contributed by atoms with Gasteiger partial charge in [0.2, 0.25) is 5.91 Å². The van der Waals surface area contributed by atoms with Crippen LogP contribution in [0.2, 0.25) is 0 Å². The summed E-state index contributed by atoms with van der Waals surface area (Å²) in [5, 5.41) is 1.11. The Balaban J connectivity index is 1.71. The van der Waals surface area contributed by atoms with Crippen molar-refractivity contribution < 1.29 is 4.79 Å². The van der Waals surface area contributed by atoms with E-state index in [0.717, 1.165) is 22.0 Å². The third kappa shape index (κ3) is 2.94. The lowest BCUT2D eigenvalue weighted by Gasteiger charge is -2.17. The summed E-state index contributed by atoms with van der Waals surface area (Å²) in [5.41, 5.74) is 3.19. The van der Waals surface area contributed by atoms with Crippen molar-refractivity contribution in [1.29, 1.82) is 0 Å². The Morgan fingerprint density at radius 3 is 2.76 bits per heavy atom. The lowest BCUT2D eigenvalue weighted by atomic mass is 10.1. The number of amides is 1. The molecule has 2 aromatic heterocycles. The molecule has 0 unspecified atom stereocenters. The Kier molecular flexibility index (Phi) is 3.69. The van der Waals surface area contributed by atoms with E-state index in [4.69, 9.17) is 0 Å². The van der Waals surface area contributed by atoms with Crippen molar-refractivity contribution in [1.82, 2.24) is 14.9 Å². The molecule has 2 heterocycles. The Morgan fingerprint density at radius 2 is 1.95 bits per heavy atom. The van der Waals surface area contributed by atoms with E-state index < -0.39 is 0 Å². The molecule has 0 radical (unpaired) electrons. The first-order chi connectivity index (χ1) is 10.2. The number of nitrogens with zero attached hydrogens (tertiary/aromatic N) is 2. The van der Waals surface area contributed by atoms with Crippen molar-refractivity contribution in [3.8, 4) is 0 Å². The van der Waals surface area contributed by atoms with Gasteiger partial charge >= 0.3 is 0 Å². The molecule has 0 spiro atoms. The Labute approximate surface area is 123 Å². The number of pyridine rings is 1. The molecule has 0 aliphatic carbocycles. The van der Waals surface area contributed by atoms with E-state index in [2.05, 4.69) is 9.97 Å². The smallest absolute Gasteiger partial charge is 0.227 e. The van der Waals surface area contributed by atoms with E-state index in [0.29, 0.717) is 13.0 Å². The molecular formula is C17H17N3O. The summed E-state index contributed by atoms with van der Waals surface area (Å²) in [6, 6.07) is 11.9. The number of carbonyl (C=O) groups excluding carboxylic acids is 1. The van der Waals surface area contributed by atoms with Gasteiger partial charge in [-0.3, -0.25) is 9.78 Å². The summed E-state index contributed by atoms with van der Waals surface area (Å²) >= 11 is 0. The molecule has 0 saturated heterocycles. The van der Waals surface area contributed by atoms with Gasteiger partial charge in [0.25, 0.3) is 0 Å². The monoisotopic (exact) mass is 279 g/mol. The number of fused-ring (bicyclic) bond motifs is 1. The maximum absolute atomic E-state index is 12.4. The molecule has 0 fully saturated rings. The van der Waals surface area contributed by atoms with Gasteiger partial charge in [0.05, 0.1) is 6.42 Å². The second kappa shape index (κ2) is 5.79. The predicted octanol–water partition coefficient (Wildman–Crippen LogP) is 2.76. The fourth-order valence-corrected chi connectivity index (χ4v) is 2.43. The molecule has 1 aromatic carbocycles. The number of rotatable bonds is 4. The van der Waals surface area contributed by atoms with E-state index in [1.54, 1.807) is 17.3 Å². The fraction of sp³-hybridized carbons (Fsp3) is 0.176. The molecule has 1 N–H and O–H groups in total. The van der Waals surface area contributed by atoms with Crippen molar-refractivity contribution in [3.05, 3.63) is 66.1 Å². The van der Waals surface area contributed by atoms with Crippen LogP contribution in [0.4, 0.5) is 0 Å². The highest BCUT2D eigenvalue weighted by molar-refractivity contribution is 5.88. The summed E-state index contributed by atoms with van der Waals surface area (Å²) in [6.45, 7) is 0.601. The molecule has 4 nitrogen and oxygen atoms in total. The second-order valence-electron chi connectivity index (χ2n) is 5.14. The highest BCUT2D eigenvalue weighted by Crippen LogP contribution is 2.18. The zero-order valence-electron chi connectivity index (χ0n) is 11.9. The number of benzene rings is 1. The number of aromatic amines is 1. The van der Waals surface area contributed by atoms with Gasteiger partial charge in [0, 0.05) is 43.1 Å². The number of nitrogens with one attached hydrogen (secondary N) is 1. The van der Waals surface area contributed by atoms with Crippen LogP contribution in [0.1, 0.15) is 11.1 Å². The quantitative estimate of drug-likeness (QED) is 0.798. The number of carbonyl (C=O) groups is 1. The summed E-state index contributed by atoms with van der Waals surface area (Å²) in [5.74, 6) is 0.108. The molecule has 106 valence electrons. The summed E-state index contributed by atoms with van der Waals surface area (Å²) in [4.78, 5) is 21.3. The first-order valence-corrected chi connectivity index (χ1v) is 6.92. The zero-order valence-corrected chi connectivity index (χ0v) is 11.9. The molecule has 0 saturated carbocycles. The van der Waals surface area contributed by atoms with Crippen LogP contribution in [0.3, 0.4) is 0 Å². The van der Waals surface area contributed by atoms with Crippen LogP contribution in [0.5, 0.6) is 0 Å². The third-order valence-corrected chi connectivity index (χ3v) is 3.61. The van der Waals surface area contributed by atoms with Crippen molar-refractivity contribution >= 4 is 16.8 Å². The first-order valence-electron chi connectivity index (χ1n) is 6.92. The number of hydrogen-bond donors (Lipinski definition) is 1. The average molecular weight is 279 g/mol. The molecule has 4 heteroatoms. The van der Waals surface area contributed by atoms with E-state index in [1.807, 2.05) is 49.6 Å². The van der Waals surface area contributed by atoms with Crippen molar-refractivity contribution in [2.24, 2.45) is 0 Å². The molecule has 0 atom stereocenters. The highest BCUT2D eigenvalue weighted by atomic mass is 16.2. The van der Waals surface area contributed by atoms with Crippen molar-refractivity contribution in [3.63, 3.8) is 0 Å². The van der Waals surface area contributed by atoms with Gasteiger partial charge < -0.3 is 9.88 Å². The highest BCUT2D eigenvalue weighted by Gasteiger charge is 2.12. The maximum atomic E-state index is 12.4. The van der Waals surface area contributed by atoms with Gasteiger partial charge in [0.15, 0.2) is 0 Å². The van der Waals surface area contributed by atoms with E-state index in [1.165, 1.54) is 0 Å². The molecule has 0 bridgehead atoms. The maximum Gasteiger partial charge on any atom is 0.227 e. The molecular weight excluding hydrogens is 262 g/mol. The minimum Gasteiger partial charge on any atom is -0.361 e. The third-order valence-electron chi connectivity index (χ3n) is 3.61. The van der Waals surface area contributed by atoms with Crippen LogP contribution >= 0.6 is 0 Å². The number of H-pyrrole nitrogens is 1. The summed E-state index contributed by atoms with van der Waals surface area (Å²) in [6.07, 6.45) is 5.81. The van der Waals surface area contributed by atoms with Gasteiger partial charge in [-0.1, -0.05) is 18.2 Å². The van der Waals surface area contributed by atoms with Gasteiger partial charge in [-0.2, -0.15) is 0 Å². The topological polar surface area (TPSA) is 49.0 Å². The molecule has 0 aliphatic heterocycles. The van der Waals surface area contributed by atoms with Crippen molar-refractivity contribution in [2.45, 2.75) is 13.0 Å². The van der Waals surface area contributed by atoms with Crippen LogP contribution in [-0.4, -0.2) is 27.8 Å². The SMILES string of the molecule is CN(Cc1ccncc1)C(=O)Cc1c[nH]c2ccccc12. The summed E-state index contributed by atoms with van der Waals surface area (Å²) in [7, 11) is 1.83. The number of hydrogen-bond acceptors (Lipinski definition) is 2. The largest absolute Gasteiger partial charge is 0.361 e. The van der Waals surface area contributed by atoms with Crippen molar-refractivity contribution in [2.75, 3.05) is 7.05 Å². The Morgan fingerprint density at radius 1 is 1.19 bits per heavy atom. The van der Waals surface area contributed by atoms with Crippen LogP contribution in [0.15, 0.2) is 55.0 Å². The van der Waals surface area contributed by atoms with Crippen LogP contribution in [0, 0.1) is 0 Å². The van der Waals surface area contributed by atoms with E-state index in [9.17, 15) is 4.79 Å². The van der Waals surface area contributed by atoms with Crippen LogP contribution in [-0.2, 0) is 17.8 Å². The molecule has 0 aliphatic rings. The Hall–Kier alpha value is -2.62. The van der Waals surface area contributed by atoms with Gasteiger partial charge in [-0.25, -0.2) is 0 Å². The molecule has 21 heavy (non-hydrogen) atoms. The Bertz CT molecular complexity index is 749. The van der Waals surface area contributed by atoms with Crippen LogP contribution < -0.4 is 0 Å². The molecule has 1 amide bonds. The van der Waals surface area contributed by atoms with E-state index in [-0.39, 0.29) is 5.91 Å². The number of likely N-dealkylation sites (N-methyl/N-ethyl adjacent to an activating group) is 1. The van der Waals surface area contributed by atoms with E-state index >= 15 is 0 Å². The predicted molar refractivity (Wildman–Crippen MR) is 82.7 cm³/mol. The normalized spacial score (nSPS) is 10.7. The van der Waals surface area contributed by atoms with Crippen LogP contribution in [0.25, 0.3) is 10.9 Å². The lowest BCUT2D eigenvalue weighted by Crippen LogP contribution is -2.27. The average Bonchev–Trinajstić information content (AvgIpc) is 2.91. The molecule has 3 rings (SSSR count). The van der Waals surface area contributed by atoms with Gasteiger partial charge in [-0.15, -0.1) is 0 Å². The minimum absolute atomic E-state index is 0.108.